The van der Waals surface area contributed by atoms with Crippen molar-refractivity contribution in [3.05, 3.63) is 34.2 Å². The Morgan fingerprint density at radius 3 is 2.89 bits per heavy atom. The molecule has 0 aliphatic heterocycles. The van der Waals surface area contributed by atoms with Crippen LogP contribution in [0.3, 0.4) is 0 Å². The van der Waals surface area contributed by atoms with Crippen molar-refractivity contribution in [2.75, 3.05) is 6.54 Å². The molecular formula is C14H16ClNO2S. The Kier molecular flexibility index (Phi) is 4.80. The first-order valence-electron chi connectivity index (χ1n) is 6.26. The van der Waals surface area contributed by atoms with Crippen molar-refractivity contribution in [3.8, 4) is 0 Å². The number of rotatable bonds is 5. The zero-order valence-electron chi connectivity index (χ0n) is 10.6. The lowest BCUT2D eigenvalue weighted by Crippen LogP contribution is -2.26. The van der Waals surface area contributed by atoms with Gasteiger partial charge in [-0.1, -0.05) is 36.7 Å². The average Bonchev–Trinajstić information content (AvgIpc) is 2.76. The molecule has 2 rings (SSSR count). The van der Waals surface area contributed by atoms with Gasteiger partial charge < -0.3 is 10.4 Å². The number of hydrogen-bond acceptors (Lipinski definition) is 3. The maximum atomic E-state index is 12.0. The fourth-order valence-electron chi connectivity index (χ4n) is 1.80. The predicted molar refractivity (Wildman–Crippen MR) is 80.1 cm³/mol. The van der Waals surface area contributed by atoms with E-state index in [0.717, 1.165) is 10.1 Å². The number of halogens is 1. The van der Waals surface area contributed by atoms with Crippen LogP contribution < -0.4 is 5.32 Å². The monoisotopic (exact) mass is 297 g/mol. The van der Waals surface area contributed by atoms with Crippen LogP contribution in [0.1, 0.15) is 29.4 Å². The highest BCUT2D eigenvalue weighted by atomic mass is 35.5. The van der Waals surface area contributed by atoms with Gasteiger partial charge >= 0.3 is 0 Å². The molecule has 1 aromatic carbocycles. The molecule has 0 aliphatic carbocycles. The van der Waals surface area contributed by atoms with Gasteiger partial charge in [-0.05, 0) is 18.9 Å². The molecule has 0 fully saturated rings. The van der Waals surface area contributed by atoms with Crippen molar-refractivity contribution < 1.29 is 9.90 Å². The van der Waals surface area contributed by atoms with Crippen LogP contribution in [0.15, 0.2) is 24.3 Å². The first kappa shape index (κ1) is 14.3. The molecule has 0 radical (unpaired) electrons. The second-order valence-corrected chi connectivity index (χ2v) is 5.78. The molecule has 3 nitrogen and oxygen atoms in total. The summed E-state index contributed by atoms with van der Waals surface area (Å²) in [4.78, 5) is 12.6. The minimum atomic E-state index is -0.363. The molecule has 1 unspecified atom stereocenters. The van der Waals surface area contributed by atoms with Crippen molar-refractivity contribution in [2.45, 2.75) is 25.9 Å². The molecule has 0 saturated carbocycles. The first-order valence-corrected chi connectivity index (χ1v) is 7.46. The Hall–Kier alpha value is -1.10. The van der Waals surface area contributed by atoms with Crippen LogP contribution >= 0.6 is 22.9 Å². The van der Waals surface area contributed by atoms with Crippen molar-refractivity contribution in [2.24, 2.45) is 0 Å². The van der Waals surface area contributed by atoms with Gasteiger partial charge in [-0.15, -0.1) is 11.3 Å². The Bertz CT molecular complexity index is 582. The molecule has 0 spiro atoms. The molecule has 2 aromatic rings. The summed E-state index contributed by atoms with van der Waals surface area (Å²) in [7, 11) is 0. The molecular weight excluding hydrogens is 282 g/mol. The Morgan fingerprint density at radius 2 is 2.21 bits per heavy atom. The van der Waals surface area contributed by atoms with Crippen LogP contribution in [-0.2, 0) is 0 Å². The lowest BCUT2D eigenvalue weighted by molar-refractivity contribution is 0.0946. The highest BCUT2D eigenvalue weighted by molar-refractivity contribution is 7.21. The van der Waals surface area contributed by atoms with E-state index in [1.54, 1.807) is 0 Å². The lowest BCUT2D eigenvalue weighted by atomic mass is 10.2. The maximum Gasteiger partial charge on any atom is 0.262 e. The molecule has 2 N–H and O–H groups in total. The van der Waals surface area contributed by atoms with E-state index < -0.39 is 0 Å². The summed E-state index contributed by atoms with van der Waals surface area (Å²) in [5.41, 5.74) is 0. The summed E-state index contributed by atoms with van der Waals surface area (Å²) in [6.07, 6.45) is 0.891. The normalized spacial score (nSPS) is 12.6. The Labute approximate surface area is 121 Å². The summed E-state index contributed by atoms with van der Waals surface area (Å²) in [5, 5.41) is 13.6. The molecule has 5 heteroatoms. The second kappa shape index (κ2) is 6.37. The molecule has 1 atom stereocenters. The highest BCUT2D eigenvalue weighted by Crippen LogP contribution is 2.34. The van der Waals surface area contributed by atoms with Crippen LogP contribution in [0.25, 0.3) is 10.1 Å². The van der Waals surface area contributed by atoms with Crippen LogP contribution in [0.5, 0.6) is 0 Å². The van der Waals surface area contributed by atoms with E-state index in [0.29, 0.717) is 29.3 Å². The summed E-state index contributed by atoms with van der Waals surface area (Å²) >= 11 is 7.61. The van der Waals surface area contributed by atoms with Gasteiger partial charge in [0.05, 0.1) is 11.1 Å². The predicted octanol–water partition coefficient (Wildman–Crippen LogP) is 3.45. The Balaban J connectivity index is 2.07. The number of carbonyl (C=O) groups is 1. The van der Waals surface area contributed by atoms with Gasteiger partial charge in [0.25, 0.3) is 5.91 Å². The highest BCUT2D eigenvalue weighted by Gasteiger charge is 2.16. The number of thiophene rings is 1. The van der Waals surface area contributed by atoms with Gasteiger partial charge in [-0.2, -0.15) is 0 Å². The fraction of sp³-hybridized carbons (Fsp3) is 0.357. The second-order valence-electron chi connectivity index (χ2n) is 4.35. The molecule has 1 amide bonds. The van der Waals surface area contributed by atoms with Crippen molar-refractivity contribution in [1.82, 2.24) is 5.32 Å². The van der Waals surface area contributed by atoms with E-state index in [2.05, 4.69) is 5.32 Å². The summed E-state index contributed by atoms with van der Waals surface area (Å²) < 4.78 is 1.01. The summed E-state index contributed by atoms with van der Waals surface area (Å²) in [6, 6.07) is 7.68. The summed E-state index contributed by atoms with van der Waals surface area (Å²) in [5.74, 6) is -0.172. The number of benzene rings is 1. The number of aliphatic hydroxyl groups excluding tert-OH is 1. The number of carbonyl (C=O) groups excluding carboxylic acids is 1. The number of aliphatic hydroxyl groups is 1. The first-order chi connectivity index (χ1) is 9.13. The third kappa shape index (κ3) is 3.26. The van der Waals surface area contributed by atoms with E-state index in [9.17, 15) is 9.90 Å². The van der Waals surface area contributed by atoms with Crippen LogP contribution in [0, 0.1) is 0 Å². The van der Waals surface area contributed by atoms with Crippen molar-refractivity contribution >= 4 is 38.9 Å². The quantitative estimate of drug-likeness (QED) is 0.888. The number of nitrogens with one attached hydrogen (secondary N) is 1. The van der Waals surface area contributed by atoms with E-state index in [1.165, 1.54) is 11.3 Å². The zero-order valence-corrected chi connectivity index (χ0v) is 12.2. The van der Waals surface area contributed by atoms with E-state index in [-0.39, 0.29) is 12.0 Å². The van der Waals surface area contributed by atoms with Gasteiger partial charge in [-0.25, -0.2) is 0 Å². The molecule has 1 aromatic heterocycles. The van der Waals surface area contributed by atoms with Crippen LogP contribution in [-0.4, -0.2) is 23.7 Å². The number of fused-ring (bicyclic) bond motifs is 1. The minimum Gasteiger partial charge on any atom is -0.393 e. The molecule has 1 heterocycles. The fourth-order valence-corrected chi connectivity index (χ4v) is 3.23. The van der Waals surface area contributed by atoms with Gasteiger partial charge in [0.1, 0.15) is 4.88 Å². The van der Waals surface area contributed by atoms with Crippen LogP contribution in [0.2, 0.25) is 5.02 Å². The van der Waals surface area contributed by atoms with E-state index in [4.69, 9.17) is 11.6 Å². The third-order valence-corrected chi connectivity index (χ3v) is 4.65. The minimum absolute atomic E-state index is 0.172. The molecule has 19 heavy (non-hydrogen) atoms. The van der Waals surface area contributed by atoms with Gasteiger partial charge in [0, 0.05) is 16.6 Å². The van der Waals surface area contributed by atoms with Gasteiger partial charge in [-0.3, -0.25) is 4.79 Å². The largest absolute Gasteiger partial charge is 0.393 e. The standard InChI is InChI=1S/C14H16ClNO2S/c1-2-9(17)7-8-16-14(18)13-12(15)10-5-3-4-6-11(10)19-13/h3-6,9,17H,2,7-8H2,1H3,(H,16,18). The number of hydrogen-bond donors (Lipinski definition) is 2. The van der Waals surface area contributed by atoms with Gasteiger partial charge in [0.15, 0.2) is 0 Å². The van der Waals surface area contributed by atoms with E-state index in [1.807, 2.05) is 31.2 Å². The number of amides is 1. The lowest BCUT2D eigenvalue weighted by Gasteiger charge is -2.08. The Morgan fingerprint density at radius 1 is 1.47 bits per heavy atom. The molecule has 102 valence electrons. The topological polar surface area (TPSA) is 49.3 Å². The van der Waals surface area contributed by atoms with E-state index >= 15 is 0 Å². The molecule has 0 aliphatic rings. The smallest absolute Gasteiger partial charge is 0.262 e. The molecule has 0 saturated heterocycles. The van der Waals surface area contributed by atoms with Crippen LogP contribution in [0.4, 0.5) is 0 Å². The van der Waals surface area contributed by atoms with Gasteiger partial charge in [0.2, 0.25) is 0 Å². The molecule has 0 bridgehead atoms. The third-order valence-electron chi connectivity index (χ3n) is 2.98. The van der Waals surface area contributed by atoms with Crippen molar-refractivity contribution in [3.63, 3.8) is 0 Å². The maximum absolute atomic E-state index is 12.0. The summed E-state index contributed by atoms with van der Waals surface area (Å²) in [6.45, 7) is 2.37. The zero-order chi connectivity index (χ0) is 13.8. The SMILES string of the molecule is CCC(O)CCNC(=O)c1sc2ccccc2c1Cl. The van der Waals surface area contributed by atoms with Crippen molar-refractivity contribution in [1.29, 1.82) is 0 Å². The average molecular weight is 298 g/mol.